The Hall–Kier alpha value is -0.980. The molecule has 0 bridgehead atoms. The van der Waals surface area contributed by atoms with E-state index in [1.54, 1.807) is 0 Å². The van der Waals surface area contributed by atoms with Crippen molar-refractivity contribution in [2.75, 3.05) is 26.4 Å². The molecule has 0 aromatic heterocycles. The zero-order valence-electron chi connectivity index (χ0n) is 36.4. The van der Waals surface area contributed by atoms with Gasteiger partial charge in [0.05, 0.1) is 38.1 Å². The van der Waals surface area contributed by atoms with Crippen molar-refractivity contribution in [2.24, 2.45) is 46.3 Å². The first-order chi connectivity index (χ1) is 29.4. The van der Waals surface area contributed by atoms with E-state index in [-0.39, 0.29) is 53.8 Å². The van der Waals surface area contributed by atoms with Crippen molar-refractivity contribution in [3.05, 3.63) is 11.6 Å². The molecular formula is C44H74O18. The van der Waals surface area contributed by atoms with Crippen molar-refractivity contribution in [1.29, 1.82) is 0 Å². The maximum absolute atomic E-state index is 11.6. The lowest BCUT2D eigenvalue weighted by atomic mass is 9.46. The molecular weight excluding hydrogens is 816 g/mol. The smallest absolute Gasteiger partial charge is 0.187 e. The molecule has 6 fully saturated rings. The average molecular weight is 891 g/mol. The third kappa shape index (κ3) is 9.07. The fourth-order valence-electron chi connectivity index (χ4n) is 12.9. The highest BCUT2D eigenvalue weighted by Crippen LogP contribution is 2.68. The number of aliphatic hydroxyl groups is 12. The molecule has 18 nitrogen and oxygen atoms in total. The van der Waals surface area contributed by atoms with Crippen LogP contribution >= 0.6 is 0 Å². The summed E-state index contributed by atoms with van der Waals surface area (Å²) in [6.07, 6.45) is -13.1. The summed E-state index contributed by atoms with van der Waals surface area (Å²) in [5, 5.41) is 126. The topological polar surface area (TPSA) is 298 Å². The molecule has 0 aromatic carbocycles. The van der Waals surface area contributed by atoms with Crippen LogP contribution in [0.2, 0.25) is 0 Å². The SMILES string of the molecule is C[C@H](CO)CC[C@H](O)[C@@H](C)[C@H]1[C@@H](O[C@@H]2OC[C@@H](O)[C@H](O)[C@H]2O)C[C@H]2[C@@H]3CCC4=C[C@@H](O[C@@H]5O[C@H](CO)[C@H](O[C@@H]6O[C@H](CO)[C@@H](O)[C@H](O)[C@H]6O)[C@H](O)[C@H]5O)CC[C@]4(C)[C@H]3CC[C@]12C. The van der Waals surface area contributed by atoms with Gasteiger partial charge in [0.1, 0.15) is 67.1 Å². The normalized spacial score (nSPS) is 51.1. The molecule has 3 saturated heterocycles. The van der Waals surface area contributed by atoms with Crippen LogP contribution in [0.1, 0.15) is 85.5 Å². The van der Waals surface area contributed by atoms with Gasteiger partial charge >= 0.3 is 0 Å². The van der Waals surface area contributed by atoms with Gasteiger partial charge in [-0.05, 0) is 104 Å². The minimum Gasteiger partial charge on any atom is -0.396 e. The quantitative estimate of drug-likeness (QED) is 0.0876. The Labute approximate surface area is 363 Å². The zero-order valence-corrected chi connectivity index (χ0v) is 36.4. The number of rotatable bonds is 14. The van der Waals surface area contributed by atoms with E-state index >= 15 is 0 Å². The second kappa shape index (κ2) is 19.7. The summed E-state index contributed by atoms with van der Waals surface area (Å²) in [6, 6.07) is 0. The van der Waals surface area contributed by atoms with Crippen LogP contribution in [0.15, 0.2) is 11.6 Å². The van der Waals surface area contributed by atoms with Crippen LogP contribution in [0, 0.1) is 46.3 Å². The molecule has 4 aliphatic carbocycles. The number of fused-ring (bicyclic) bond motifs is 5. The lowest BCUT2D eigenvalue weighted by Crippen LogP contribution is -2.65. The van der Waals surface area contributed by atoms with E-state index in [4.69, 9.17) is 28.4 Å². The van der Waals surface area contributed by atoms with Crippen LogP contribution in [0.4, 0.5) is 0 Å². The largest absolute Gasteiger partial charge is 0.396 e. The van der Waals surface area contributed by atoms with Crippen molar-refractivity contribution >= 4 is 0 Å². The highest BCUT2D eigenvalue weighted by Gasteiger charge is 2.64. The van der Waals surface area contributed by atoms with E-state index in [1.807, 2.05) is 6.92 Å². The summed E-state index contributed by atoms with van der Waals surface area (Å²) >= 11 is 0. The molecule has 358 valence electrons. The number of hydrogen-bond acceptors (Lipinski definition) is 18. The molecule has 18 heteroatoms. The second-order valence-corrected chi connectivity index (χ2v) is 20.3. The number of aliphatic hydroxyl groups excluding tert-OH is 12. The summed E-state index contributed by atoms with van der Waals surface area (Å²) in [4.78, 5) is 0. The summed E-state index contributed by atoms with van der Waals surface area (Å²) in [5.74, 6) is 0.678. The van der Waals surface area contributed by atoms with E-state index < -0.39 is 111 Å². The standard InChI is InChI=1S/C44H74O18/c1-19(15-45)5-8-26(48)20(2)31-28(59-40-36(54)32(50)27(49)18-57-40)14-25-23-7-6-21-13-22(9-11-43(21,3)24(23)10-12-44(25,31)4)58-41-38(56)35(53)39(30(17-47)61-41)62-42-37(55)34(52)33(51)29(16-46)60-42/h13,19-20,22-42,45-56H,5-12,14-18H2,1-4H3/t19-,20+,22-,23+,24-,25-,26-,27+,28-,29+,30+,31-,32-,33+,34-,35+,36+,37+,38+,39-,40-,41+,42-,43-,44-/m0/s1. The highest BCUT2D eigenvalue weighted by molar-refractivity contribution is 5.26. The molecule has 3 saturated carbocycles. The maximum atomic E-state index is 11.6. The van der Waals surface area contributed by atoms with E-state index in [2.05, 4.69) is 26.8 Å². The van der Waals surface area contributed by atoms with E-state index in [0.717, 1.165) is 32.1 Å². The third-order valence-corrected chi connectivity index (χ3v) is 16.6. The van der Waals surface area contributed by atoms with Gasteiger partial charge in [0.25, 0.3) is 0 Å². The average Bonchev–Trinajstić information content (AvgIpc) is 3.56. The van der Waals surface area contributed by atoms with Gasteiger partial charge in [-0.15, -0.1) is 0 Å². The Bertz CT molecular complexity index is 1500. The second-order valence-electron chi connectivity index (χ2n) is 20.3. The number of hydrogen-bond donors (Lipinski definition) is 12. The molecule has 0 radical (unpaired) electrons. The molecule has 0 unspecified atom stereocenters. The fraction of sp³-hybridized carbons (Fsp3) is 0.955. The van der Waals surface area contributed by atoms with Gasteiger partial charge in [-0.25, -0.2) is 0 Å². The summed E-state index contributed by atoms with van der Waals surface area (Å²) < 4.78 is 35.8. The van der Waals surface area contributed by atoms with E-state index in [9.17, 15) is 61.3 Å². The summed E-state index contributed by atoms with van der Waals surface area (Å²) in [6.45, 7) is 7.18. The van der Waals surface area contributed by atoms with Crippen LogP contribution < -0.4 is 0 Å². The van der Waals surface area contributed by atoms with Gasteiger partial charge in [0, 0.05) is 6.61 Å². The highest BCUT2D eigenvalue weighted by atomic mass is 16.7. The minimum absolute atomic E-state index is 0.0445. The third-order valence-electron chi connectivity index (χ3n) is 16.6. The van der Waals surface area contributed by atoms with Crippen LogP contribution in [0.25, 0.3) is 0 Å². The lowest BCUT2D eigenvalue weighted by molar-refractivity contribution is -0.361. The van der Waals surface area contributed by atoms with Crippen LogP contribution in [-0.2, 0) is 28.4 Å². The van der Waals surface area contributed by atoms with Gasteiger partial charge < -0.3 is 89.7 Å². The monoisotopic (exact) mass is 890 g/mol. The van der Waals surface area contributed by atoms with Crippen LogP contribution in [0.3, 0.4) is 0 Å². The molecule has 12 N–H and O–H groups in total. The van der Waals surface area contributed by atoms with Crippen molar-refractivity contribution in [3.63, 3.8) is 0 Å². The van der Waals surface area contributed by atoms with Crippen LogP contribution in [0.5, 0.6) is 0 Å². The Morgan fingerprint density at radius 1 is 0.710 bits per heavy atom. The first kappa shape index (κ1) is 48.9. The summed E-state index contributed by atoms with van der Waals surface area (Å²) in [7, 11) is 0. The lowest BCUT2D eigenvalue weighted by Gasteiger charge is -2.59. The van der Waals surface area contributed by atoms with Crippen molar-refractivity contribution < 1.29 is 89.7 Å². The molecule has 62 heavy (non-hydrogen) atoms. The summed E-state index contributed by atoms with van der Waals surface area (Å²) in [5.41, 5.74) is 0.881. The van der Waals surface area contributed by atoms with Gasteiger partial charge in [0.15, 0.2) is 18.9 Å². The van der Waals surface area contributed by atoms with E-state index in [1.165, 1.54) is 5.57 Å². The first-order valence-electron chi connectivity index (χ1n) is 22.9. The Morgan fingerprint density at radius 3 is 2.06 bits per heavy atom. The predicted molar refractivity (Wildman–Crippen MR) is 215 cm³/mol. The van der Waals surface area contributed by atoms with Crippen molar-refractivity contribution in [2.45, 2.75) is 190 Å². The first-order valence-corrected chi connectivity index (χ1v) is 22.9. The maximum Gasteiger partial charge on any atom is 0.187 e. The molecule has 7 rings (SSSR count). The Morgan fingerprint density at radius 2 is 1.37 bits per heavy atom. The minimum atomic E-state index is -1.77. The predicted octanol–water partition coefficient (Wildman–Crippen LogP) is -1.59. The Balaban J connectivity index is 1.04. The van der Waals surface area contributed by atoms with Crippen LogP contribution in [-0.4, -0.2) is 192 Å². The van der Waals surface area contributed by atoms with Crippen molar-refractivity contribution in [3.8, 4) is 0 Å². The molecule has 25 atom stereocenters. The van der Waals surface area contributed by atoms with Crippen molar-refractivity contribution in [1.82, 2.24) is 0 Å². The zero-order chi connectivity index (χ0) is 45.0. The van der Waals surface area contributed by atoms with Gasteiger partial charge in [-0.3, -0.25) is 0 Å². The van der Waals surface area contributed by atoms with Gasteiger partial charge in [-0.2, -0.15) is 0 Å². The number of ether oxygens (including phenoxy) is 6. The van der Waals surface area contributed by atoms with Gasteiger partial charge in [0.2, 0.25) is 0 Å². The molecule has 0 amide bonds. The molecule has 7 aliphatic rings. The molecule has 0 aromatic rings. The molecule has 3 aliphatic heterocycles. The molecule has 0 spiro atoms. The van der Waals surface area contributed by atoms with E-state index in [0.29, 0.717) is 37.5 Å². The molecule has 3 heterocycles. The van der Waals surface area contributed by atoms with Gasteiger partial charge in [-0.1, -0.05) is 39.3 Å². The fourth-order valence-corrected chi connectivity index (χ4v) is 12.9. The Kier molecular flexibility index (Phi) is 15.5. The number of allylic oxidation sites excluding steroid dienone is 1.